The molecule has 0 bridgehead atoms. The van der Waals surface area contributed by atoms with Gasteiger partial charge in [0.05, 0.1) is 15.5 Å². The van der Waals surface area contributed by atoms with Crippen molar-refractivity contribution in [2.45, 2.75) is 12.8 Å². The van der Waals surface area contributed by atoms with Gasteiger partial charge >= 0.3 is 6.09 Å². The third kappa shape index (κ3) is 3.85. The fourth-order valence-electron chi connectivity index (χ4n) is 2.41. The maximum Gasteiger partial charge on any atom is 0.407 e. The van der Waals surface area contributed by atoms with E-state index in [-0.39, 0.29) is 21.8 Å². The number of carboxylic acid groups (broad SMARTS) is 1. The highest BCUT2D eigenvalue weighted by Gasteiger charge is 2.23. The number of hydrogen-bond acceptors (Lipinski definition) is 4. The average molecular weight is 376 g/mol. The molecule has 2 rings (SSSR count). The summed E-state index contributed by atoms with van der Waals surface area (Å²) in [7, 11) is 0. The maximum absolute atomic E-state index is 13.4. The number of anilines is 1. The second-order valence-corrected chi connectivity index (χ2v) is 5.99. The molecular formula is C13H15BrFN3O4. The van der Waals surface area contributed by atoms with Crippen LogP contribution in [0.15, 0.2) is 16.6 Å². The topological polar surface area (TPSA) is 95.7 Å². The van der Waals surface area contributed by atoms with Crippen molar-refractivity contribution < 1.29 is 19.2 Å². The maximum atomic E-state index is 13.4. The van der Waals surface area contributed by atoms with Gasteiger partial charge in [0.2, 0.25) is 0 Å². The third-order valence-corrected chi connectivity index (χ3v) is 4.31. The molecule has 1 heterocycles. The van der Waals surface area contributed by atoms with Gasteiger partial charge in [-0.2, -0.15) is 0 Å². The summed E-state index contributed by atoms with van der Waals surface area (Å²) in [5.74, 6) is -0.467. The molecule has 1 aliphatic heterocycles. The van der Waals surface area contributed by atoms with Crippen LogP contribution in [0.4, 0.5) is 20.6 Å². The zero-order valence-electron chi connectivity index (χ0n) is 11.6. The Labute approximate surface area is 134 Å². The first-order valence-electron chi connectivity index (χ1n) is 6.73. The van der Waals surface area contributed by atoms with Gasteiger partial charge < -0.3 is 15.3 Å². The SMILES string of the molecule is O=C(O)N1CCC(CNc2cc(Br)c(F)cc2[N+](=O)[O-])CC1. The summed E-state index contributed by atoms with van der Waals surface area (Å²) in [6, 6.07) is 2.22. The number of amides is 1. The van der Waals surface area contributed by atoms with Gasteiger partial charge in [-0.15, -0.1) is 0 Å². The van der Waals surface area contributed by atoms with Crippen LogP contribution in [0.2, 0.25) is 0 Å². The Balaban J connectivity index is 1.99. The first-order chi connectivity index (χ1) is 10.4. The van der Waals surface area contributed by atoms with E-state index in [1.54, 1.807) is 0 Å². The van der Waals surface area contributed by atoms with E-state index < -0.39 is 16.8 Å². The number of nitrogens with zero attached hydrogens (tertiary/aromatic N) is 2. The van der Waals surface area contributed by atoms with E-state index in [4.69, 9.17) is 5.11 Å². The average Bonchev–Trinajstić information content (AvgIpc) is 2.48. The van der Waals surface area contributed by atoms with Gasteiger partial charge in [0, 0.05) is 19.6 Å². The number of halogens is 2. The molecule has 0 atom stereocenters. The molecule has 7 nitrogen and oxygen atoms in total. The molecule has 1 aromatic rings. The van der Waals surface area contributed by atoms with Gasteiger partial charge in [-0.05, 0) is 40.8 Å². The number of nitrogens with one attached hydrogen (secondary N) is 1. The molecule has 1 aliphatic rings. The molecule has 0 spiro atoms. The molecule has 0 saturated carbocycles. The van der Waals surface area contributed by atoms with Crippen LogP contribution in [0.5, 0.6) is 0 Å². The van der Waals surface area contributed by atoms with Gasteiger partial charge in [0.25, 0.3) is 5.69 Å². The van der Waals surface area contributed by atoms with Crippen molar-refractivity contribution >= 4 is 33.4 Å². The number of likely N-dealkylation sites (tertiary alicyclic amines) is 1. The van der Waals surface area contributed by atoms with Crippen LogP contribution in [0.1, 0.15) is 12.8 Å². The number of nitro groups is 1. The second-order valence-electron chi connectivity index (χ2n) is 5.13. The highest BCUT2D eigenvalue weighted by Crippen LogP contribution is 2.31. The Morgan fingerprint density at radius 1 is 1.50 bits per heavy atom. The van der Waals surface area contributed by atoms with E-state index >= 15 is 0 Å². The van der Waals surface area contributed by atoms with Crippen molar-refractivity contribution in [3.05, 3.63) is 32.5 Å². The molecule has 0 aromatic heterocycles. The number of carbonyl (C=O) groups is 1. The van der Waals surface area contributed by atoms with E-state index in [1.807, 2.05) is 0 Å². The zero-order valence-corrected chi connectivity index (χ0v) is 13.2. The summed E-state index contributed by atoms with van der Waals surface area (Å²) in [4.78, 5) is 22.5. The lowest BCUT2D eigenvalue weighted by molar-refractivity contribution is -0.384. The van der Waals surface area contributed by atoms with Gasteiger partial charge in [-0.25, -0.2) is 9.18 Å². The van der Waals surface area contributed by atoms with Crippen molar-refractivity contribution in [3.8, 4) is 0 Å². The summed E-state index contributed by atoms with van der Waals surface area (Å²) in [6.45, 7) is 1.39. The van der Waals surface area contributed by atoms with Crippen LogP contribution in [-0.4, -0.2) is 40.7 Å². The van der Waals surface area contributed by atoms with Gasteiger partial charge in [-0.1, -0.05) is 0 Å². The van der Waals surface area contributed by atoms with Crippen LogP contribution in [0, 0.1) is 21.8 Å². The van der Waals surface area contributed by atoms with E-state index in [0.717, 1.165) is 6.07 Å². The first-order valence-corrected chi connectivity index (χ1v) is 7.53. The fraction of sp³-hybridized carbons (Fsp3) is 0.462. The molecule has 0 radical (unpaired) electrons. The minimum absolute atomic E-state index is 0.154. The molecule has 1 saturated heterocycles. The van der Waals surface area contributed by atoms with Gasteiger partial charge in [-0.3, -0.25) is 10.1 Å². The summed E-state index contributed by atoms with van der Waals surface area (Å²) >= 11 is 3.01. The van der Waals surface area contributed by atoms with Crippen molar-refractivity contribution in [1.29, 1.82) is 0 Å². The number of piperidine rings is 1. The van der Waals surface area contributed by atoms with E-state index in [2.05, 4.69) is 21.2 Å². The summed E-state index contributed by atoms with van der Waals surface area (Å²) in [6.07, 6.45) is 0.454. The molecular weight excluding hydrogens is 361 g/mol. The Hall–Kier alpha value is -1.90. The van der Waals surface area contributed by atoms with Gasteiger partial charge in [0.15, 0.2) is 0 Å². The molecule has 0 unspecified atom stereocenters. The highest BCUT2D eigenvalue weighted by atomic mass is 79.9. The monoisotopic (exact) mass is 375 g/mol. The Morgan fingerprint density at radius 2 is 2.14 bits per heavy atom. The second kappa shape index (κ2) is 6.91. The summed E-state index contributed by atoms with van der Waals surface area (Å²) < 4.78 is 13.5. The highest BCUT2D eigenvalue weighted by molar-refractivity contribution is 9.10. The minimum Gasteiger partial charge on any atom is -0.465 e. The predicted molar refractivity (Wildman–Crippen MR) is 81.6 cm³/mol. The Morgan fingerprint density at radius 3 is 2.68 bits per heavy atom. The molecule has 1 amide bonds. The van der Waals surface area contributed by atoms with E-state index in [0.29, 0.717) is 32.5 Å². The smallest absolute Gasteiger partial charge is 0.407 e. The molecule has 0 aliphatic carbocycles. The fourth-order valence-corrected chi connectivity index (χ4v) is 2.76. The Bertz CT molecular complexity index is 591. The van der Waals surface area contributed by atoms with E-state index in [1.165, 1.54) is 11.0 Å². The van der Waals surface area contributed by atoms with E-state index in [9.17, 15) is 19.3 Å². The number of benzene rings is 1. The normalized spacial score (nSPS) is 15.6. The first kappa shape index (κ1) is 16.5. The number of rotatable bonds is 4. The van der Waals surface area contributed by atoms with Crippen molar-refractivity contribution in [2.75, 3.05) is 25.0 Å². The lowest BCUT2D eigenvalue weighted by Crippen LogP contribution is -2.39. The van der Waals surface area contributed by atoms with Gasteiger partial charge in [0.1, 0.15) is 11.5 Å². The quantitative estimate of drug-likeness (QED) is 0.621. The van der Waals surface area contributed by atoms with Crippen LogP contribution in [-0.2, 0) is 0 Å². The Kier molecular flexibility index (Phi) is 5.17. The van der Waals surface area contributed by atoms with Crippen LogP contribution in [0.25, 0.3) is 0 Å². The lowest BCUT2D eigenvalue weighted by Gasteiger charge is -2.30. The summed E-state index contributed by atoms with van der Waals surface area (Å²) in [5.41, 5.74) is -0.0670. The predicted octanol–water partition coefficient (Wildman–Crippen LogP) is 3.30. The minimum atomic E-state index is -0.926. The number of nitro benzene ring substituents is 1. The molecule has 2 N–H and O–H groups in total. The van der Waals surface area contributed by atoms with Crippen molar-refractivity contribution in [3.63, 3.8) is 0 Å². The van der Waals surface area contributed by atoms with Crippen molar-refractivity contribution in [1.82, 2.24) is 4.90 Å². The molecule has 1 aromatic carbocycles. The van der Waals surface area contributed by atoms with Crippen LogP contribution in [0.3, 0.4) is 0 Å². The zero-order chi connectivity index (χ0) is 16.3. The molecule has 1 fully saturated rings. The molecule has 22 heavy (non-hydrogen) atoms. The molecule has 9 heteroatoms. The number of hydrogen-bond donors (Lipinski definition) is 2. The standard InChI is InChI=1S/C13H15BrFN3O4/c14-9-5-11(12(18(21)22)6-10(9)15)16-7-8-1-3-17(4-2-8)13(19)20/h5-6,8,16H,1-4,7H2,(H,19,20). The molecule has 120 valence electrons. The summed E-state index contributed by atoms with van der Waals surface area (Å²) in [5, 5.41) is 22.8. The van der Waals surface area contributed by atoms with Crippen molar-refractivity contribution in [2.24, 2.45) is 5.92 Å². The van der Waals surface area contributed by atoms with Crippen LogP contribution >= 0.6 is 15.9 Å². The van der Waals surface area contributed by atoms with Crippen LogP contribution < -0.4 is 5.32 Å². The lowest BCUT2D eigenvalue weighted by atomic mass is 9.97. The third-order valence-electron chi connectivity index (χ3n) is 3.70. The largest absolute Gasteiger partial charge is 0.465 e.